The third kappa shape index (κ3) is 7.44. The molecule has 0 bridgehead atoms. The minimum absolute atomic E-state index is 0.336. The highest BCUT2D eigenvalue weighted by Crippen LogP contribution is 2.53. The van der Waals surface area contributed by atoms with E-state index in [9.17, 15) is 4.57 Å². The number of aryl methyl sites for hydroxylation is 1. The normalized spacial score (nSPS) is 11.8. The first-order valence-corrected chi connectivity index (χ1v) is 13.4. The van der Waals surface area contributed by atoms with Crippen molar-refractivity contribution in [2.24, 2.45) is 0 Å². The lowest BCUT2D eigenvalue weighted by molar-refractivity contribution is 0.363. The molecule has 0 aromatic heterocycles. The molecule has 0 saturated carbocycles. The highest BCUT2D eigenvalue weighted by Gasteiger charge is 2.40. The van der Waals surface area contributed by atoms with Crippen LogP contribution in [0.2, 0.25) is 0 Å². The summed E-state index contributed by atoms with van der Waals surface area (Å²) in [4.78, 5) is 0. The number of hydrogen-bond donors (Lipinski definition) is 2. The molecule has 2 N–H and O–H groups in total. The van der Waals surface area contributed by atoms with E-state index in [2.05, 4.69) is 10.6 Å². The van der Waals surface area contributed by atoms with E-state index in [1.807, 2.05) is 97.1 Å². The first kappa shape index (κ1) is 24.5. The molecule has 0 radical (unpaired) electrons. The average molecular weight is 503 g/mol. The third-order valence-corrected chi connectivity index (χ3v) is 7.51. The Morgan fingerprint density at radius 2 is 1.17 bits per heavy atom. The average Bonchev–Trinajstić information content (AvgIpc) is 2.89. The van der Waals surface area contributed by atoms with Crippen molar-refractivity contribution in [1.29, 1.82) is 0 Å². The number of hydrogen-bond acceptors (Lipinski definition) is 4. The van der Waals surface area contributed by atoms with Gasteiger partial charge in [0.1, 0.15) is 11.5 Å². The van der Waals surface area contributed by atoms with Crippen LogP contribution >= 0.6 is 19.8 Å². The van der Waals surface area contributed by atoms with Crippen LogP contribution in [0.3, 0.4) is 0 Å². The summed E-state index contributed by atoms with van der Waals surface area (Å²) in [5, 5.41) is 6.72. The fourth-order valence-corrected chi connectivity index (χ4v) is 5.70. The Morgan fingerprint density at radius 3 is 1.69 bits per heavy atom. The molecule has 0 saturated heterocycles. The number of thiocarbonyl (C=S) groups is 1. The molecule has 0 spiro atoms. The van der Waals surface area contributed by atoms with Crippen molar-refractivity contribution in [3.8, 4) is 11.5 Å². The van der Waals surface area contributed by atoms with Crippen LogP contribution in [-0.2, 0) is 11.0 Å². The van der Waals surface area contributed by atoms with Gasteiger partial charge in [0.2, 0.25) is 0 Å². The van der Waals surface area contributed by atoms with Gasteiger partial charge in [0.05, 0.1) is 0 Å². The topological polar surface area (TPSA) is 59.6 Å². The fourth-order valence-electron chi connectivity index (χ4n) is 3.50. The van der Waals surface area contributed by atoms with Gasteiger partial charge in [-0.2, -0.15) is 0 Å². The molecule has 0 unspecified atom stereocenters. The van der Waals surface area contributed by atoms with E-state index in [1.54, 1.807) is 24.3 Å². The maximum absolute atomic E-state index is 14.5. The van der Waals surface area contributed by atoms with Crippen molar-refractivity contribution in [1.82, 2.24) is 5.32 Å². The first-order chi connectivity index (χ1) is 17.1. The predicted octanol–water partition coefficient (Wildman–Crippen LogP) is 7.28. The molecule has 4 aromatic rings. The van der Waals surface area contributed by atoms with Crippen molar-refractivity contribution in [3.05, 3.63) is 127 Å². The van der Waals surface area contributed by atoms with Gasteiger partial charge in [-0.25, -0.2) is 4.57 Å². The lowest BCUT2D eigenvalue weighted by Gasteiger charge is -2.29. The maximum Gasteiger partial charge on any atom is 0.452 e. The molecule has 178 valence electrons. The fraction of sp³-hybridized carbons (Fsp3) is 0.107. The standard InChI is InChI=1S/C28H27N2O3PS/c31-34(32-25-17-9-3-10-18-25,33-26-19-11-4-12-20-26)27(22-21-23-13-5-1-6-14-23)30-28(35)29-24-15-7-2-8-16-24/h1-20,27H,21-22H2,(H2,29,30,35)/t27-/m0/s1. The quantitative estimate of drug-likeness (QED) is 0.176. The smallest absolute Gasteiger partial charge is 0.415 e. The molecule has 0 aliphatic carbocycles. The van der Waals surface area contributed by atoms with Crippen LogP contribution in [0.25, 0.3) is 0 Å². The largest absolute Gasteiger partial charge is 0.452 e. The van der Waals surface area contributed by atoms with Crippen molar-refractivity contribution in [2.45, 2.75) is 18.6 Å². The summed E-state index contributed by atoms with van der Waals surface area (Å²) < 4.78 is 26.6. The summed E-state index contributed by atoms with van der Waals surface area (Å²) in [5.41, 5.74) is 1.95. The predicted molar refractivity (Wildman–Crippen MR) is 146 cm³/mol. The van der Waals surface area contributed by atoms with Crippen molar-refractivity contribution >= 4 is 30.6 Å². The minimum atomic E-state index is -3.81. The monoisotopic (exact) mass is 502 g/mol. The first-order valence-electron chi connectivity index (χ1n) is 11.4. The molecular formula is C28H27N2O3PS. The van der Waals surface area contributed by atoms with Crippen LogP contribution in [0.1, 0.15) is 12.0 Å². The summed E-state index contributed by atoms with van der Waals surface area (Å²) in [5.74, 6) is 0.201. The molecule has 4 rings (SSSR count). The molecule has 4 aromatic carbocycles. The van der Waals surface area contributed by atoms with E-state index < -0.39 is 13.4 Å². The molecule has 0 aliphatic rings. The van der Waals surface area contributed by atoms with E-state index in [0.29, 0.717) is 29.5 Å². The Morgan fingerprint density at radius 1 is 0.714 bits per heavy atom. The molecular weight excluding hydrogens is 475 g/mol. The molecule has 0 fully saturated rings. The Hall–Kier alpha value is -3.60. The Balaban J connectivity index is 1.62. The van der Waals surface area contributed by atoms with Crippen LogP contribution < -0.4 is 19.7 Å². The zero-order valence-corrected chi connectivity index (χ0v) is 20.8. The van der Waals surface area contributed by atoms with Crippen LogP contribution in [0.5, 0.6) is 11.5 Å². The molecule has 0 heterocycles. The van der Waals surface area contributed by atoms with Gasteiger partial charge in [0.15, 0.2) is 10.9 Å². The second-order valence-corrected chi connectivity index (χ2v) is 10.3. The second kappa shape index (κ2) is 12.2. The summed E-state index contributed by atoms with van der Waals surface area (Å²) in [6.07, 6.45) is 1.13. The summed E-state index contributed by atoms with van der Waals surface area (Å²) >= 11 is 5.59. The van der Waals surface area contributed by atoms with Crippen LogP contribution in [0.15, 0.2) is 121 Å². The lowest BCUT2D eigenvalue weighted by atomic mass is 10.1. The van der Waals surface area contributed by atoms with Crippen LogP contribution in [0.4, 0.5) is 5.69 Å². The van der Waals surface area contributed by atoms with Gasteiger partial charge in [0, 0.05) is 5.69 Å². The van der Waals surface area contributed by atoms with Gasteiger partial charge >= 0.3 is 7.60 Å². The van der Waals surface area contributed by atoms with Gasteiger partial charge in [-0.3, -0.25) is 0 Å². The molecule has 0 aliphatic heterocycles. The SMILES string of the molecule is O=P(Oc1ccccc1)(Oc1ccccc1)[C@@H](CCc1ccccc1)NC(=S)Nc1ccccc1. The highest BCUT2D eigenvalue weighted by atomic mass is 32.1. The lowest BCUT2D eigenvalue weighted by Crippen LogP contribution is -2.40. The number of para-hydroxylation sites is 3. The second-order valence-electron chi connectivity index (χ2n) is 7.85. The van der Waals surface area contributed by atoms with Crippen molar-refractivity contribution < 1.29 is 13.6 Å². The van der Waals surface area contributed by atoms with Crippen molar-refractivity contribution in [2.75, 3.05) is 5.32 Å². The van der Waals surface area contributed by atoms with Gasteiger partial charge in [0.25, 0.3) is 0 Å². The summed E-state index contributed by atoms with van der Waals surface area (Å²) in [6.45, 7) is 0. The van der Waals surface area contributed by atoms with Gasteiger partial charge < -0.3 is 19.7 Å². The van der Waals surface area contributed by atoms with E-state index in [0.717, 1.165) is 11.3 Å². The number of rotatable bonds is 10. The molecule has 5 nitrogen and oxygen atoms in total. The zero-order valence-electron chi connectivity index (χ0n) is 19.1. The highest BCUT2D eigenvalue weighted by molar-refractivity contribution is 7.80. The van der Waals surface area contributed by atoms with E-state index in [-0.39, 0.29) is 0 Å². The molecule has 0 amide bonds. The number of anilines is 1. The maximum atomic E-state index is 14.5. The molecule has 7 heteroatoms. The van der Waals surface area contributed by atoms with Gasteiger partial charge in [-0.05, 0) is 67.0 Å². The van der Waals surface area contributed by atoms with E-state index in [1.165, 1.54) is 0 Å². The number of nitrogens with one attached hydrogen (secondary N) is 2. The Bertz CT molecular complexity index is 1200. The van der Waals surface area contributed by atoms with Crippen LogP contribution in [0, 0.1) is 0 Å². The van der Waals surface area contributed by atoms with Crippen molar-refractivity contribution in [3.63, 3.8) is 0 Å². The van der Waals surface area contributed by atoms with Gasteiger partial charge in [-0.1, -0.05) is 84.9 Å². The minimum Gasteiger partial charge on any atom is -0.415 e. The van der Waals surface area contributed by atoms with E-state index >= 15 is 0 Å². The Kier molecular flexibility index (Phi) is 8.55. The van der Waals surface area contributed by atoms with Crippen LogP contribution in [-0.4, -0.2) is 10.9 Å². The summed E-state index contributed by atoms with van der Waals surface area (Å²) in [7, 11) is -3.81. The van der Waals surface area contributed by atoms with Gasteiger partial charge in [-0.15, -0.1) is 0 Å². The Labute approximate surface area is 211 Å². The third-order valence-electron chi connectivity index (χ3n) is 5.21. The molecule has 35 heavy (non-hydrogen) atoms. The number of benzene rings is 4. The zero-order chi connectivity index (χ0) is 24.3. The van der Waals surface area contributed by atoms with E-state index in [4.69, 9.17) is 21.3 Å². The molecule has 1 atom stereocenters. The summed E-state index contributed by atoms with van der Waals surface area (Å²) in [6, 6.07) is 37.7.